The second-order valence-electron chi connectivity index (χ2n) is 6.90. The number of rotatable bonds is 5. The molecular weight excluding hydrogens is 350 g/mol. The molecule has 3 aromatic rings. The first-order valence-electron chi connectivity index (χ1n) is 9.51. The highest BCUT2D eigenvalue weighted by Crippen LogP contribution is 2.23. The van der Waals surface area contributed by atoms with Gasteiger partial charge in [0, 0.05) is 36.3 Å². The fourth-order valence-corrected chi connectivity index (χ4v) is 3.30. The number of aryl methyl sites for hydroxylation is 1. The molecule has 1 fully saturated rings. The summed E-state index contributed by atoms with van der Waals surface area (Å²) in [5.74, 6) is 0.135. The lowest BCUT2D eigenvalue weighted by molar-refractivity contribution is 0.102. The summed E-state index contributed by atoms with van der Waals surface area (Å²) in [5, 5.41) is 6.07. The summed E-state index contributed by atoms with van der Waals surface area (Å²) in [4.78, 5) is 23.5. The van der Waals surface area contributed by atoms with E-state index in [0.29, 0.717) is 11.6 Å². The quantitative estimate of drug-likeness (QED) is 0.694. The summed E-state index contributed by atoms with van der Waals surface area (Å²) >= 11 is 0. The number of carbonyl (C=O) groups is 1. The lowest BCUT2D eigenvalue weighted by Crippen LogP contribution is -2.17. The minimum Gasteiger partial charge on any atom is -0.372 e. The number of benzene rings is 2. The van der Waals surface area contributed by atoms with Crippen LogP contribution in [0.25, 0.3) is 0 Å². The third-order valence-corrected chi connectivity index (χ3v) is 4.88. The summed E-state index contributed by atoms with van der Waals surface area (Å²) in [6.07, 6.45) is 4.09. The Morgan fingerprint density at radius 1 is 1.00 bits per heavy atom. The Labute approximate surface area is 164 Å². The van der Waals surface area contributed by atoms with Crippen LogP contribution in [-0.4, -0.2) is 29.0 Å². The van der Waals surface area contributed by atoms with Crippen molar-refractivity contribution >= 4 is 28.9 Å². The summed E-state index contributed by atoms with van der Waals surface area (Å²) in [6.45, 7) is 4.19. The first-order valence-corrected chi connectivity index (χ1v) is 9.51. The van der Waals surface area contributed by atoms with Crippen LogP contribution < -0.4 is 15.5 Å². The van der Waals surface area contributed by atoms with Gasteiger partial charge in [-0.2, -0.15) is 0 Å². The molecule has 142 valence electrons. The molecule has 1 aliphatic rings. The van der Waals surface area contributed by atoms with Gasteiger partial charge in [0.05, 0.1) is 0 Å². The fourth-order valence-electron chi connectivity index (χ4n) is 3.30. The van der Waals surface area contributed by atoms with Crippen LogP contribution in [-0.2, 0) is 0 Å². The Kier molecular flexibility index (Phi) is 5.19. The van der Waals surface area contributed by atoms with Crippen molar-refractivity contribution in [2.24, 2.45) is 0 Å². The Balaban J connectivity index is 1.44. The summed E-state index contributed by atoms with van der Waals surface area (Å²) < 4.78 is 0. The Morgan fingerprint density at radius 2 is 1.75 bits per heavy atom. The van der Waals surface area contributed by atoms with Crippen LogP contribution in [0.5, 0.6) is 0 Å². The van der Waals surface area contributed by atoms with E-state index in [1.807, 2.05) is 43.3 Å². The van der Waals surface area contributed by atoms with Crippen LogP contribution in [0.4, 0.5) is 23.0 Å². The van der Waals surface area contributed by atoms with Crippen molar-refractivity contribution < 1.29 is 4.79 Å². The largest absolute Gasteiger partial charge is 0.372 e. The molecule has 2 aromatic carbocycles. The molecule has 4 rings (SSSR count). The number of aromatic nitrogens is 2. The van der Waals surface area contributed by atoms with Gasteiger partial charge in [-0.25, -0.2) is 9.97 Å². The highest BCUT2D eigenvalue weighted by atomic mass is 16.1. The van der Waals surface area contributed by atoms with Gasteiger partial charge in [0.25, 0.3) is 5.91 Å². The van der Waals surface area contributed by atoms with E-state index in [1.54, 1.807) is 12.3 Å². The van der Waals surface area contributed by atoms with E-state index in [9.17, 15) is 4.79 Å². The molecule has 0 radical (unpaired) electrons. The van der Waals surface area contributed by atoms with E-state index < -0.39 is 0 Å². The molecule has 0 atom stereocenters. The Morgan fingerprint density at radius 3 is 2.50 bits per heavy atom. The van der Waals surface area contributed by atoms with Gasteiger partial charge in [0.15, 0.2) is 0 Å². The van der Waals surface area contributed by atoms with Crippen molar-refractivity contribution in [1.29, 1.82) is 0 Å². The number of para-hydroxylation sites is 1. The van der Waals surface area contributed by atoms with Gasteiger partial charge in [-0.1, -0.05) is 18.2 Å². The minimum atomic E-state index is -0.260. The van der Waals surface area contributed by atoms with Gasteiger partial charge in [0.2, 0.25) is 5.95 Å². The van der Waals surface area contributed by atoms with Crippen LogP contribution in [0.1, 0.15) is 28.9 Å². The predicted octanol–water partition coefficient (Wildman–Crippen LogP) is 4.38. The molecule has 1 amide bonds. The molecule has 0 unspecified atom stereocenters. The molecule has 0 bridgehead atoms. The zero-order valence-electron chi connectivity index (χ0n) is 15.9. The van der Waals surface area contributed by atoms with Gasteiger partial charge in [-0.3, -0.25) is 4.79 Å². The summed E-state index contributed by atoms with van der Waals surface area (Å²) in [7, 11) is 0. The normalized spacial score (nSPS) is 13.4. The number of hydrogen-bond acceptors (Lipinski definition) is 5. The lowest BCUT2D eigenvalue weighted by Gasteiger charge is -2.17. The van der Waals surface area contributed by atoms with Crippen molar-refractivity contribution in [3.05, 3.63) is 72.1 Å². The number of nitrogens with zero attached hydrogens (tertiary/aromatic N) is 3. The smallest absolute Gasteiger partial charge is 0.274 e. The van der Waals surface area contributed by atoms with E-state index in [4.69, 9.17) is 0 Å². The first-order chi connectivity index (χ1) is 13.7. The van der Waals surface area contributed by atoms with Crippen LogP contribution in [0.2, 0.25) is 0 Å². The highest BCUT2D eigenvalue weighted by Gasteiger charge is 2.13. The van der Waals surface area contributed by atoms with Gasteiger partial charge in [-0.05, 0) is 61.7 Å². The van der Waals surface area contributed by atoms with E-state index in [1.165, 1.54) is 18.5 Å². The third-order valence-electron chi connectivity index (χ3n) is 4.88. The second-order valence-corrected chi connectivity index (χ2v) is 6.90. The maximum Gasteiger partial charge on any atom is 0.274 e. The predicted molar refractivity (Wildman–Crippen MR) is 112 cm³/mol. The molecule has 0 spiro atoms. The van der Waals surface area contributed by atoms with Gasteiger partial charge < -0.3 is 15.5 Å². The maximum absolute atomic E-state index is 12.5. The zero-order chi connectivity index (χ0) is 19.3. The average molecular weight is 373 g/mol. The van der Waals surface area contributed by atoms with E-state index in [0.717, 1.165) is 30.0 Å². The summed E-state index contributed by atoms with van der Waals surface area (Å²) in [6, 6.07) is 17.5. The minimum absolute atomic E-state index is 0.260. The monoisotopic (exact) mass is 373 g/mol. The van der Waals surface area contributed by atoms with Crippen LogP contribution >= 0.6 is 0 Å². The lowest BCUT2D eigenvalue weighted by atomic mass is 10.2. The van der Waals surface area contributed by atoms with E-state index in [-0.39, 0.29) is 5.91 Å². The van der Waals surface area contributed by atoms with E-state index in [2.05, 4.69) is 37.6 Å². The molecule has 2 heterocycles. The SMILES string of the molecule is Cc1ccccc1NC(=O)c1ccnc(Nc2ccc(N3CCCC3)cc2)n1. The van der Waals surface area contributed by atoms with Gasteiger partial charge in [0.1, 0.15) is 5.69 Å². The molecule has 1 aromatic heterocycles. The third kappa shape index (κ3) is 4.11. The number of carbonyl (C=O) groups excluding carboxylic acids is 1. The molecule has 1 aliphatic heterocycles. The standard InChI is InChI=1S/C22H23N5O/c1-16-6-2-3-7-19(16)25-21(28)20-12-13-23-22(26-20)24-17-8-10-18(11-9-17)27-14-4-5-15-27/h2-3,6-13H,4-5,14-15H2,1H3,(H,25,28)(H,23,24,26). The maximum atomic E-state index is 12.5. The van der Waals surface area contributed by atoms with Crippen molar-refractivity contribution in [3.63, 3.8) is 0 Å². The molecule has 28 heavy (non-hydrogen) atoms. The van der Waals surface area contributed by atoms with Crippen molar-refractivity contribution in [2.45, 2.75) is 19.8 Å². The Hall–Kier alpha value is -3.41. The van der Waals surface area contributed by atoms with Gasteiger partial charge in [-0.15, -0.1) is 0 Å². The number of nitrogens with one attached hydrogen (secondary N) is 2. The zero-order valence-corrected chi connectivity index (χ0v) is 15.9. The number of anilines is 4. The molecule has 6 heteroatoms. The molecule has 2 N–H and O–H groups in total. The van der Waals surface area contributed by atoms with Crippen LogP contribution in [0, 0.1) is 6.92 Å². The van der Waals surface area contributed by atoms with Crippen molar-refractivity contribution in [2.75, 3.05) is 28.6 Å². The topological polar surface area (TPSA) is 70.2 Å². The van der Waals surface area contributed by atoms with Gasteiger partial charge >= 0.3 is 0 Å². The molecule has 0 aliphatic carbocycles. The molecule has 6 nitrogen and oxygen atoms in total. The second kappa shape index (κ2) is 8.08. The van der Waals surface area contributed by atoms with Crippen molar-refractivity contribution in [1.82, 2.24) is 9.97 Å². The molecule has 1 saturated heterocycles. The van der Waals surface area contributed by atoms with E-state index >= 15 is 0 Å². The number of hydrogen-bond donors (Lipinski definition) is 2. The first kappa shape index (κ1) is 18.0. The summed E-state index contributed by atoms with van der Waals surface area (Å²) in [5.41, 5.74) is 4.21. The fraction of sp³-hybridized carbons (Fsp3) is 0.227. The highest BCUT2D eigenvalue weighted by molar-refractivity contribution is 6.03. The Bertz CT molecular complexity index is 965. The van der Waals surface area contributed by atoms with Crippen LogP contribution in [0.15, 0.2) is 60.8 Å². The van der Waals surface area contributed by atoms with Crippen molar-refractivity contribution in [3.8, 4) is 0 Å². The van der Waals surface area contributed by atoms with Crippen LogP contribution in [0.3, 0.4) is 0 Å². The molecule has 0 saturated carbocycles. The molecular formula is C22H23N5O. The number of amides is 1. The average Bonchev–Trinajstić information content (AvgIpc) is 3.25.